The molecule has 8 heteroatoms. The minimum atomic E-state index is -1.13. The number of carbonyl (C=O) groups is 3. The van der Waals surface area contributed by atoms with Crippen LogP contribution in [0.1, 0.15) is 59.3 Å². The lowest BCUT2D eigenvalue weighted by Crippen LogP contribution is -2.56. The molecule has 0 saturated carbocycles. The van der Waals surface area contributed by atoms with E-state index in [9.17, 15) is 19.5 Å². The van der Waals surface area contributed by atoms with Crippen LogP contribution in [-0.4, -0.2) is 54.0 Å². The summed E-state index contributed by atoms with van der Waals surface area (Å²) in [7, 11) is 0. The molecular weight excluding hydrogens is 336 g/mol. The van der Waals surface area contributed by atoms with Crippen LogP contribution in [0.25, 0.3) is 0 Å². The fourth-order valence-corrected chi connectivity index (χ4v) is 2.72. The zero-order valence-corrected chi connectivity index (χ0v) is 16.3. The van der Waals surface area contributed by atoms with Crippen molar-refractivity contribution in [1.29, 1.82) is 0 Å². The van der Waals surface area contributed by atoms with Gasteiger partial charge in [-0.25, -0.2) is 0 Å². The molecule has 0 aliphatic heterocycles. The molecule has 4 atom stereocenters. The Labute approximate surface area is 156 Å². The molecule has 0 aliphatic rings. The van der Waals surface area contributed by atoms with E-state index in [4.69, 9.17) is 11.5 Å². The molecular formula is C18H36N4O4. The lowest BCUT2D eigenvalue weighted by atomic mass is 9.96. The number of hydrogen-bond donors (Lipinski definition) is 5. The summed E-state index contributed by atoms with van der Waals surface area (Å²) in [6, 6.07) is -1.84. The average Bonchev–Trinajstić information content (AvgIpc) is 2.61. The number of hydrogen-bond acceptors (Lipinski definition) is 6. The molecule has 2 unspecified atom stereocenters. The second-order valence-corrected chi connectivity index (χ2v) is 6.60. The molecule has 0 fully saturated rings. The number of unbranched alkanes of at least 4 members (excludes halogenated alkanes) is 1. The van der Waals surface area contributed by atoms with E-state index < -0.39 is 24.1 Å². The largest absolute Gasteiger partial charge is 0.391 e. The summed E-state index contributed by atoms with van der Waals surface area (Å²) in [6.07, 6.45) is 2.51. The Morgan fingerprint density at radius 1 is 0.962 bits per heavy atom. The van der Waals surface area contributed by atoms with Gasteiger partial charge >= 0.3 is 0 Å². The van der Waals surface area contributed by atoms with E-state index in [-0.39, 0.29) is 30.6 Å². The van der Waals surface area contributed by atoms with Crippen molar-refractivity contribution >= 4 is 17.6 Å². The molecule has 0 aromatic heterocycles. The molecule has 0 radical (unpaired) electrons. The van der Waals surface area contributed by atoms with Gasteiger partial charge in [0.05, 0.1) is 12.1 Å². The van der Waals surface area contributed by atoms with Gasteiger partial charge in [-0.05, 0) is 39.3 Å². The van der Waals surface area contributed by atoms with Crippen molar-refractivity contribution in [2.24, 2.45) is 17.4 Å². The van der Waals surface area contributed by atoms with Gasteiger partial charge in [0, 0.05) is 12.3 Å². The van der Waals surface area contributed by atoms with Crippen molar-refractivity contribution in [3.63, 3.8) is 0 Å². The van der Waals surface area contributed by atoms with E-state index in [0.29, 0.717) is 25.8 Å². The topological polar surface area (TPSA) is 148 Å². The van der Waals surface area contributed by atoms with Crippen molar-refractivity contribution in [1.82, 2.24) is 10.6 Å². The van der Waals surface area contributed by atoms with Crippen molar-refractivity contribution in [3.8, 4) is 0 Å². The van der Waals surface area contributed by atoms with E-state index in [1.165, 1.54) is 6.92 Å². The molecule has 7 N–H and O–H groups in total. The molecule has 0 aliphatic carbocycles. The van der Waals surface area contributed by atoms with Gasteiger partial charge in [0.1, 0.15) is 6.04 Å². The molecule has 0 rings (SSSR count). The smallest absolute Gasteiger partial charge is 0.245 e. The molecule has 2 amide bonds. The fourth-order valence-electron chi connectivity index (χ4n) is 2.72. The van der Waals surface area contributed by atoms with Crippen LogP contribution in [0.15, 0.2) is 0 Å². The third-order valence-corrected chi connectivity index (χ3v) is 4.36. The van der Waals surface area contributed by atoms with Crippen molar-refractivity contribution in [2.45, 2.75) is 77.5 Å². The zero-order valence-electron chi connectivity index (χ0n) is 16.3. The molecule has 26 heavy (non-hydrogen) atoms. The summed E-state index contributed by atoms with van der Waals surface area (Å²) in [5.41, 5.74) is 11.1. The molecule has 0 heterocycles. The highest BCUT2D eigenvalue weighted by Crippen LogP contribution is 2.13. The highest BCUT2D eigenvalue weighted by atomic mass is 16.3. The number of aliphatic hydroxyl groups is 1. The molecule has 0 spiro atoms. The highest BCUT2D eigenvalue weighted by Gasteiger charge is 2.30. The summed E-state index contributed by atoms with van der Waals surface area (Å²) >= 11 is 0. The number of amides is 2. The number of ketones is 1. The van der Waals surface area contributed by atoms with Crippen LogP contribution in [0.3, 0.4) is 0 Å². The summed E-state index contributed by atoms with van der Waals surface area (Å²) in [6.45, 7) is 5.78. The van der Waals surface area contributed by atoms with Gasteiger partial charge in [0.2, 0.25) is 11.8 Å². The minimum Gasteiger partial charge on any atom is -0.391 e. The Bertz CT molecular complexity index is 443. The number of nitrogens with one attached hydrogen (secondary N) is 2. The van der Waals surface area contributed by atoms with Gasteiger partial charge < -0.3 is 27.2 Å². The Kier molecular flexibility index (Phi) is 12.9. The Morgan fingerprint density at radius 3 is 2.04 bits per heavy atom. The van der Waals surface area contributed by atoms with Crippen LogP contribution < -0.4 is 22.1 Å². The number of carbonyl (C=O) groups excluding carboxylic acids is 3. The zero-order chi connectivity index (χ0) is 20.1. The van der Waals surface area contributed by atoms with Gasteiger partial charge in [-0.3, -0.25) is 14.4 Å². The van der Waals surface area contributed by atoms with Gasteiger partial charge in [-0.1, -0.05) is 26.7 Å². The fraction of sp³-hybridized carbons (Fsp3) is 0.833. The SMILES string of the molecule is CCCCC(CCN)C(=O)N[C@H](C(=O)N[C@@H](CCN)C(=O)CC)C(C)O. The van der Waals surface area contributed by atoms with E-state index >= 15 is 0 Å². The van der Waals surface area contributed by atoms with Gasteiger partial charge in [0.25, 0.3) is 0 Å². The molecule has 0 bridgehead atoms. The molecule has 0 aromatic rings. The summed E-state index contributed by atoms with van der Waals surface area (Å²) in [5.74, 6) is -1.33. The van der Waals surface area contributed by atoms with Crippen LogP contribution in [0.5, 0.6) is 0 Å². The predicted molar refractivity (Wildman–Crippen MR) is 101 cm³/mol. The Morgan fingerprint density at radius 2 is 1.58 bits per heavy atom. The van der Waals surface area contributed by atoms with Crippen molar-refractivity contribution < 1.29 is 19.5 Å². The van der Waals surface area contributed by atoms with Crippen molar-refractivity contribution in [2.75, 3.05) is 13.1 Å². The van der Waals surface area contributed by atoms with Gasteiger partial charge in [0.15, 0.2) is 5.78 Å². The summed E-state index contributed by atoms with van der Waals surface area (Å²) in [5, 5.41) is 15.2. The Balaban J connectivity index is 5.05. The van der Waals surface area contributed by atoms with Crippen LogP contribution in [0.4, 0.5) is 0 Å². The van der Waals surface area contributed by atoms with E-state index in [2.05, 4.69) is 10.6 Å². The first-order valence-corrected chi connectivity index (χ1v) is 9.53. The number of Topliss-reactive ketones (excluding diaryl/α,β-unsaturated/α-hetero) is 1. The first kappa shape index (κ1) is 24.5. The maximum Gasteiger partial charge on any atom is 0.245 e. The van der Waals surface area contributed by atoms with E-state index in [1.807, 2.05) is 6.92 Å². The summed E-state index contributed by atoms with van der Waals surface area (Å²) in [4.78, 5) is 37.0. The lowest BCUT2D eigenvalue weighted by Gasteiger charge is -2.26. The minimum absolute atomic E-state index is 0.136. The third-order valence-electron chi connectivity index (χ3n) is 4.36. The number of rotatable bonds is 14. The monoisotopic (exact) mass is 372 g/mol. The maximum absolute atomic E-state index is 12.5. The summed E-state index contributed by atoms with van der Waals surface area (Å²) < 4.78 is 0. The molecule has 0 saturated heterocycles. The normalized spacial score (nSPS) is 15.6. The second kappa shape index (κ2) is 13.7. The van der Waals surface area contributed by atoms with E-state index in [0.717, 1.165) is 12.8 Å². The van der Waals surface area contributed by atoms with E-state index in [1.54, 1.807) is 6.92 Å². The average molecular weight is 373 g/mol. The first-order chi connectivity index (χ1) is 12.3. The lowest BCUT2D eigenvalue weighted by molar-refractivity contribution is -0.135. The standard InChI is InChI=1S/C18H36N4O4/c1-4-6-7-13(8-10-19)17(25)22-16(12(3)23)18(26)21-14(9-11-20)15(24)5-2/h12-14,16,23H,4-11,19-20H2,1-3H3,(H,21,26)(H,22,25)/t12?,13?,14-,16-/m0/s1. The van der Waals surface area contributed by atoms with Gasteiger partial charge in [-0.2, -0.15) is 0 Å². The molecule has 152 valence electrons. The maximum atomic E-state index is 12.5. The molecule has 8 nitrogen and oxygen atoms in total. The van der Waals surface area contributed by atoms with Crippen LogP contribution >= 0.6 is 0 Å². The molecule has 0 aromatic carbocycles. The highest BCUT2D eigenvalue weighted by molar-refractivity contribution is 5.93. The van der Waals surface area contributed by atoms with Crippen LogP contribution in [-0.2, 0) is 14.4 Å². The predicted octanol–water partition coefficient (Wildman–Crippen LogP) is -0.180. The quantitative estimate of drug-likeness (QED) is 0.286. The Hall–Kier alpha value is -1.51. The van der Waals surface area contributed by atoms with Crippen LogP contribution in [0.2, 0.25) is 0 Å². The third kappa shape index (κ3) is 8.73. The first-order valence-electron chi connectivity index (χ1n) is 9.53. The van der Waals surface area contributed by atoms with Crippen LogP contribution in [0, 0.1) is 5.92 Å². The number of nitrogens with two attached hydrogens (primary N) is 2. The number of aliphatic hydroxyl groups excluding tert-OH is 1. The van der Waals surface area contributed by atoms with Crippen molar-refractivity contribution in [3.05, 3.63) is 0 Å². The van der Waals surface area contributed by atoms with Gasteiger partial charge in [-0.15, -0.1) is 0 Å². The second-order valence-electron chi connectivity index (χ2n) is 6.60.